The maximum absolute atomic E-state index is 15.1. The van der Waals surface area contributed by atoms with Crippen molar-refractivity contribution in [3.05, 3.63) is 71.8 Å². The number of hydrogen-bond acceptors (Lipinski definition) is 6. The summed E-state index contributed by atoms with van der Waals surface area (Å²) in [6, 6.07) is 10.9. The topological polar surface area (TPSA) is 94.6 Å². The standard InChI is InChI=1S/C53H68O6/c1-8-33-15-19-43-39(21-33)24-38(37-16-14-35(22-37)20-32(3)4)25-49(43)59-42-27-44(48(56)31-53(30-40(53)9-2)50(57)29-47(55)36-17-18-36)45(28-42)51(58)46(52(5,6)7)26-41(54)23-34-12-10-11-13-34/h9,15-16,19,21-22,24-25,32,34,36,40,42,44-46H,2,8,10-14,17-18,20,23,26-31H2,1,3-7H3. The highest BCUT2D eigenvalue weighted by Gasteiger charge is 2.60. The molecule has 0 saturated heterocycles. The Kier molecular flexibility index (Phi) is 12.9. The number of Topliss-reactive ketones (excluding diaryl/α,β-unsaturated/α-hetero) is 5. The lowest BCUT2D eigenvalue weighted by Gasteiger charge is -2.33. The van der Waals surface area contributed by atoms with Gasteiger partial charge in [-0.25, -0.2) is 0 Å². The van der Waals surface area contributed by atoms with Gasteiger partial charge in [-0.3, -0.25) is 24.0 Å². The molecule has 2 aromatic carbocycles. The van der Waals surface area contributed by atoms with Gasteiger partial charge in [-0.05, 0) is 109 Å². The molecule has 0 heterocycles. The lowest BCUT2D eigenvalue weighted by Crippen LogP contribution is -2.39. The summed E-state index contributed by atoms with van der Waals surface area (Å²) in [4.78, 5) is 70.1. The third-order valence-corrected chi connectivity index (χ3v) is 14.6. The van der Waals surface area contributed by atoms with E-state index in [0.29, 0.717) is 37.5 Å². The Morgan fingerprint density at radius 2 is 1.68 bits per heavy atom. The molecule has 0 amide bonds. The first-order valence-electron chi connectivity index (χ1n) is 23.0. The van der Waals surface area contributed by atoms with Crippen molar-refractivity contribution in [2.75, 3.05) is 0 Å². The first-order valence-corrected chi connectivity index (χ1v) is 23.0. The normalized spacial score (nSPS) is 26.2. The molecular weight excluding hydrogens is 733 g/mol. The van der Waals surface area contributed by atoms with Gasteiger partial charge in [0, 0.05) is 53.7 Å². The number of carbonyl (C=O) groups is 5. The Balaban J connectivity index is 1.19. The Bertz CT molecular complexity index is 2050. The molecule has 5 aliphatic carbocycles. The number of ether oxygens (including phenoxy) is 1. The number of aryl methyl sites for hydroxylation is 1. The molecule has 6 nitrogen and oxygen atoms in total. The van der Waals surface area contributed by atoms with E-state index in [1.807, 2.05) is 20.8 Å². The molecule has 6 heteroatoms. The van der Waals surface area contributed by atoms with Crippen LogP contribution in [0.15, 0.2) is 60.7 Å². The van der Waals surface area contributed by atoms with Crippen LogP contribution < -0.4 is 4.74 Å². The van der Waals surface area contributed by atoms with Gasteiger partial charge in [-0.1, -0.05) is 109 Å². The summed E-state index contributed by atoms with van der Waals surface area (Å²) in [7, 11) is 0. The van der Waals surface area contributed by atoms with Crippen molar-refractivity contribution < 1.29 is 28.7 Å². The SMILES string of the molecule is C=CC1CC1(CC(=O)C1CC(Oc2cc(C3=CCC(CC(C)C)=C3)cc3cc(CC)ccc23)CC1C(=O)C(CC(=O)CC1CCCC1)C(C)(C)C)C(=O)CC(=O)C1CC1. The van der Waals surface area contributed by atoms with Gasteiger partial charge in [0.1, 0.15) is 40.8 Å². The first-order chi connectivity index (χ1) is 28.1. The molecule has 2 aromatic rings. The summed E-state index contributed by atoms with van der Waals surface area (Å²) in [6.45, 7) is 16.7. The average Bonchev–Trinajstić information content (AvgIpc) is 3.97. The Morgan fingerprint density at radius 1 is 0.949 bits per heavy atom. The quantitative estimate of drug-likeness (QED) is 0.0977. The number of ketones is 5. The molecule has 5 aliphatic rings. The number of hydrogen-bond donors (Lipinski definition) is 0. The molecule has 316 valence electrons. The van der Waals surface area contributed by atoms with E-state index in [0.717, 1.165) is 79.9 Å². The molecule has 0 aromatic heterocycles. The molecule has 4 saturated carbocycles. The predicted molar refractivity (Wildman–Crippen MR) is 236 cm³/mol. The lowest BCUT2D eigenvalue weighted by molar-refractivity contribution is -0.139. The summed E-state index contributed by atoms with van der Waals surface area (Å²) >= 11 is 0. The highest BCUT2D eigenvalue weighted by atomic mass is 16.5. The Hall–Kier alpha value is -3.93. The monoisotopic (exact) mass is 801 g/mol. The minimum absolute atomic E-state index is 0.000160. The number of rotatable bonds is 20. The Labute approximate surface area is 353 Å². The van der Waals surface area contributed by atoms with Crippen LogP contribution in [0.1, 0.15) is 149 Å². The highest BCUT2D eigenvalue weighted by Crippen LogP contribution is 2.59. The molecule has 0 aliphatic heterocycles. The van der Waals surface area contributed by atoms with Gasteiger partial charge in [-0.15, -0.1) is 6.58 Å². The zero-order valence-corrected chi connectivity index (χ0v) is 36.7. The zero-order valence-electron chi connectivity index (χ0n) is 36.7. The van der Waals surface area contributed by atoms with Crippen LogP contribution in [-0.4, -0.2) is 35.0 Å². The van der Waals surface area contributed by atoms with Crippen molar-refractivity contribution in [3.8, 4) is 5.75 Å². The second-order valence-corrected chi connectivity index (χ2v) is 20.7. The maximum Gasteiger partial charge on any atom is 0.147 e. The van der Waals surface area contributed by atoms with Crippen LogP contribution in [0.25, 0.3) is 16.3 Å². The van der Waals surface area contributed by atoms with Crippen molar-refractivity contribution in [2.24, 2.45) is 52.3 Å². The second-order valence-electron chi connectivity index (χ2n) is 20.7. The van der Waals surface area contributed by atoms with Crippen molar-refractivity contribution in [3.63, 3.8) is 0 Å². The van der Waals surface area contributed by atoms with Gasteiger partial charge in [0.2, 0.25) is 0 Å². The van der Waals surface area contributed by atoms with Gasteiger partial charge in [-0.2, -0.15) is 0 Å². The van der Waals surface area contributed by atoms with Crippen LogP contribution >= 0.6 is 0 Å². The van der Waals surface area contributed by atoms with Crippen LogP contribution in [0.5, 0.6) is 5.75 Å². The Morgan fingerprint density at radius 3 is 2.32 bits per heavy atom. The minimum Gasteiger partial charge on any atom is -0.490 e. The maximum atomic E-state index is 15.1. The molecule has 59 heavy (non-hydrogen) atoms. The fraction of sp³-hybridized carbons (Fsp3) is 0.604. The molecule has 6 unspecified atom stereocenters. The van der Waals surface area contributed by atoms with E-state index in [4.69, 9.17) is 4.74 Å². The number of fused-ring (bicyclic) bond motifs is 1. The fourth-order valence-electron chi connectivity index (χ4n) is 10.8. The molecule has 0 N–H and O–H groups in total. The summed E-state index contributed by atoms with van der Waals surface area (Å²) in [6.07, 6.45) is 16.8. The average molecular weight is 801 g/mol. The fourth-order valence-corrected chi connectivity index (χ4v) is 10.8. The van der Waals surface area contributed by atoms with Crippen LogP contribution in [0.3, 0.4) is 0 Å². The van der Waals surface area contributed by atoms with Crippen molar-refractivity contribution in [2.45, 2.75) is 150 Å². The summed E-state index contributed by atoms with van der Waals surface area (Å²) in [5.41, 5.74) is 3.53. The smallest absolute Gasteiger partial charge is 0.147 e. The van der Waals surface area contributed by atoms with Crippen molar-refractivity contribution >= 4 is 45.3 Å². The third-order valence-electron chi connectivity index (χ3n) is 14.6. The molecular formula is C53H68O6. The van der Waals surface area contributed by atoms with E-state index in [-0.39, 0.29) is 60.0 Å². The van der Waals surface area contributed by atoms with Gasteiger partial charge >= 0.3 is 0 Å². The molecule has 0 spiro atoms. The van der Waals surface area contributed by atoms with Gasteiger partial charge in [0.05, 0.1) is 6.42 Å². The summed E-state index contributed by atoms with van der Waals surface area (Å²) in [5, 5.41) is 2.09. The largest absolute Gasteiger partial charge is 0.490 e. The summed E-state index contributed by atoms with van der Waals surface area (Å²) < 4.78 is 7.02. The van der Waals surface area contributed by atoms with Crippen molar-refractivity contribution in [1.29, 1.82) is 0 Å². The number of benzene rings is 2. The van der Waals surface area contributed by atoms with E-state index < -0.39 is 34.7 Å². The van der Waals surface area contributed by atoms with E-state index in [1.165, 1.54) is 16.7 Å². The predicted octanol–water partition coefficient (Wildman–Crippen LogP) is 11.8. The molecule has 0 bridgehead atoms. The van der Waals surface area contributed by atoms with E-state index in [9.17, 15) is 19.2 Å². The molecule has 7 rings (SSSR count). The van der Waals surface area contributed by atoms with Crippen LogP contribution in [0.2, 0.25) is 0 Å². The van der Waals surface area contributed by atoms with E-state index >= 15 is 4.79 Å². The highest BCUT2D eigenvalue weighted by molar-refractivity contribution is 6.07. The second kappa shape index (κ2) is 17.6. The molecule has 6 atom stereocenters. The first kappa shape index (κ1) is 43.2. The zero-order chi connectivity index (χ0) is 42.2. The van der Waals surface area contributed by atoms with Gasteiger partial charge in [0.25, 0.3) is 0 Å². The van der Waals surface area contributed by atoms with Crippen LogP contribution in [0, 0.1) is 52.3 Å². The van der Waals surface area contributed by atoms with Gasteiger partial charge < -0.3 is 4.74 Å². The molecule has 4 fully saturated rings. The third kappa shape index (κ3) is 9.84. The van der Waals surface area contributed by atoms with Crippen LogP contribution in [0.4, 0.5) is 0 Å². The molecule has 0 radical (unpaired) electrons. The van der Waals surface area contributed by atoms with E-state index in [2.05, 4.69) is 69.8 Å². The minimum atomic E-state index is -0.935. The van der Waals surface area contributed by atoms with E-state index in [1.54, 1.807) is 6.08 Å². The van der Waals surface area contributed by atoms with Crippen molar-refractivity contribution in [1.82, 2.24) is 0 Å². The van der Waals surface area contributed by atoms with Gasteiger partial charge in [0.15, 0.2) is 0 Å². The van der Waals surface area contributed by atoms with Crippen LogP contribution in [-0.2, 0) is 30.4 Å². The number of carbonyl (C=O) groups excluding carboxylic acids is 5. The number of allylic oxidation sites excluding steroid dienone is 5. The summed E-state index contributed by atoms with van der Waals surface area (Å²) in [5.74, 6) is -0.496. The lowest BCUT2D eigenvalue weighted by atomic mass is 9.69.